The van der Waals surface area contributed by atoms with Crippen molar-refractivity contribution in [3.05, 3.63) is 50.1 Å². The molecule has 2 rings (SSSR count). The van der Waals surface area contributed by atoms with Gasteiger partial charge in [-0.2, -0.15) is 0 Å². The van der Waals surface area contributed by atoms with Gasteiger partial charge in [0.25, 0.3) is 0 Å². The Kier molecular flexibility index (Phi) is 5.07. The first-order valence-electron chi connectivity index (χ1n) is 5.67. The van der Waals surface area contributed by atoms with E-state index in [9.17, 15) is 0 Å². The Bertz CT molecular complexity index is 539. The normalized spacial score (nSPS) is 12.4. The highest BCUT2D eigenvalue weighted by molar-refractivity contribution is 7.10. The van der Waals surface area contributed by atoms with Gasteiger partial charge < -0.3 is 4.74 Å². The summed E-state index contributed by atoms with van der Waals surface area (Å²) in [6, 6.07) is 7.38. The van der Waals surface area contributed by atoms with Crippen LogP contribution < -0.4 is 16.0 Å². The van der Waals surface area contributed by atoms with Crippen molar-refractivity contribution < 1.29 is 4.74 Å². The van der Waals surface area contributed by atoms with E-state index in [0.717, 1.165) is 16.2 Å². The van der Waals surface area contributed by atoms with Gasteiger partial charge in [-0.15, -0.1) is 11.3 Å². The van der Waals surface area contributed by atoms with Crippen LogP contribution in [0.3, 0.4) is 0 Å². The van der Waals surface area contributed by atoms with Crippen molar-refractivity contribution in [3.63, 3.8) is 0 Å². The Hall–Kier alpha value is -0.780. The second-order valence-corrected chi connectivity index (χ2v) is 5.77. The Morgan fingerprint density at radius 1 is 1.37 bits per heavy atom. The summed E-state index contributed by atoms with van der Waals surface area (Å²) in [6.45, 7) is 0. The summed E-state index contributed by atoms with van der Waals surface area (Å²) in [6.07, 6.45) is 0.624. The summed E-state index contributed by atoms with van der Waals surface area (Å²) in [7, 11) is 1.64. The van der Waals surface area contributed by atoms with Gasteiger partial charge in [0.1, 0.15) is 5.75 Å². The number of ether oxygens (including phenoxy) is 1. The van der Waals surface area contributed by atoms with Crippen molar-refractivity contribution in [1.29, 1.82) is 0 Å². The SMILES string of the molecule is COc1csc(C(Cc2c(Cl)cccc2Cl)NN)c1. The molecule has 3 nitrogen and oxygen atoms in total. The number of nitrogens with two attached hydrogens (primary N) is 1. The molecule has 1 unspecified atom stereocenters. The van der Waals surface area contributed by atoms with Crippen LogP contribution in [-0.2, 0) is 6.42 Å². The highest BCUT2D eigenvalue weighted by Crippen LogP contribution is 2.32. The van der Waals surface area contributed by atoms with E-state index in [1.54, 1.807) is 18.4 Å². The Balaban J connectivity index is 2.24. The summed E-state index contributed by atoms with van der Waals surface area (Å²) < 4.78 is 5.18. The van der Waals surface area contributed by atoms with Crippen LogP contribution in [0.5, 0.6) is 5.75 Å². The molecule has 0 spiro atoms. The fourth-order valence-corrected chi connectivity index (χ4v) is 3.27. The highest BCUT2D eigenvalue weighted by Gasteiger charge is 2.17. The molecule has 1 atom stereocenters. The van der Waals surface area contributed by atoms with Crippen LogP contribution in [0.1, 0.15) is 16.5 Å². The van der Waals surface area contributed by atoms with Gasteiger partial charge in [0, 0.05) is 20.3 Å². The minimum Gasteiger partial charge on any atom is -0.496 e. The summed E-state index contributed by atoms with van der Waals surface area (Å²) in [5.74, 6) is 6.46. The smallest absolute Gasteiger partial charge is 0.129 e. The topological polar surface area (TPSA) is 47.3 Å². The molecule has 0 radical (unpaired) electrons. The molecule has 1 aromatic heterocycles. The number of nitrogens with one attached hydrogen (secondary N) is 1. The average Bonchev–Trinajstić information content (AvgIpc) is 2.87. The third-order valence-corrected chi connectivity index (χ3v) is 4.58. The first-order chi connectivity index (χ1) is 9.15. The van der Waals surface area contributed by atoms with Crippen molar-refractivity contribution in [2.24, 2.45) is 5.84 Å². The van der Waals surface area contributed by atoms with Crippen LogP contribution in [0, 0.1) is 0 Å². The van der Waals surface area contributed by atoms with Crippen molar-refractivity contribution in [2.45, 2.75) is 12.5 Å². The van der Waals surface area contributed by atoms with Crippen molar-refractivity contribution in [3.8, 4) is 5.75 Å². The van der Waals surface area contributed by atoms with Crippen LogP contribution in [0.4, 0.5) is 0 Å². The van der Waals surface area contributed by atoms with Crippen molar-refractivity contribution >= 4 is 34.5 Å². The van der Waals surface area contributed by atoms with E-state index < -0.39 is 0 Å². The molecule has 102 valence electrons. The summed E-state index contributed by atoms with van der Waals surface area (Å²) in [4.78, 5) is 1.08. The standard InChI is InChI=1S/C13H14Cl2N2OS/c1-18-8-5-13(19-7-8)12(17-16)6-9-10(14)3-2-4-11(9)15/h2-5,7,12,17H,6,16H2,1H3. The minimum atomic E-state index is -0.0497. The lowest BCUT2D eigenvalue weighted by Gasteiger charge is -2.16. The number of benzene rings is 1. The zero-order chi connectivity index (χ0) is 13.8. The third kappa shape index (κ3) is 3.41. The van der Waals surface area contributed by atoms with Gasteiger partial charge in [0.2, 0.25) is 0 Å². The van der Waals surface area contributed by atoms with Gasteiger partial charge in [0.05, 0.1) is 13.2 Å². The average molecular weight is 317 g/mol. The lowest BCUT2D eigenvalue weighted by Crippen LogP contribution is -2.29. The molecule has 0 aliphatic heterocycles. The number of hydrogen-bond donors (Lipinski definition) is 2. The monoisotopic (exact) mass is 316 g/mol. The highest BCUT2D eigenvalue weighted by atomic mass is 35.5. The van der Waals surface area contributed by atoms with Crippen LogP contribution in [0.15, 0.2) is 29.6 Å². The molecule has 0 aliphatic rings. The summed E-state index contributed by atoms with van der Waals surface area (Å²) >= 11 is 13.9. The van der Waals surface area contributed by atoms with Crippen molar-refractivity contribution in [2.75, 3.05) is 7.11 Å². The molecule has 0 bridgehead atoms. The quantitative estimate of drug-likeness (QED) is 0.651. The van der Waals surface area contributed by atoms with E-state index in [2.05, 4.69) is 5.43 Å². The van der Waals surface area contributed by atoms with E-state index in [1.807, 2.05) is 29.6 Å². The fourth-order valence-electron chi connectivity index (χ4n) is 1.80. The molecule has 1 heterocycles. The molecular weight excluding hydrogens is 303 g/mol. The van der Waals surface area contributed by atoms with Crippen LogP contribution in [-0.4, -0.2) is 7.11 Å². The Morgan fingerprint density at radius 3 is 2.58 bits per heavy atom. The van der Waals surface area contributed by atoms with Crippen LogP contribution >= 0.6 is 34.5 Å². The molecule has 0 saturated heterocycles. The number of hydrogen-bond acceptors (Lipinski definition) is 4. The maximum Gasteiger partial charge on any atom is 0.129 e. The zero-order valence-electron chi connectivity index (χ0n) is 10.3. The molecule has 0 amide bonds. The first-order valence-corrected chi connectivity index (χ1v) is 7.30. The Labute approximate surface area is 126 Å². The van der Waals surface area contributed by atoms with Gasteiger partial charge in [-0.3, -0.25) is 11.3 Å². The predicted octanol–water partition coefficient (Wildman–Crippen LogP) is 3.81. The molecule has 0 aliphatic carbocycles. The van der Waals surface area contributed by atoms with Gasteiger partial charge in [-0.05, 0) is 30.2 Å². The van der Waals surface area contributed by atoms with Crippen LogP contribution in [0.2, 0.25) is 10.0 Å². The second-order valence-electron chi connectivity index (χ2n) is 4.01. The largest absolute Gasteiger partial charge is 0.496 e. The lowest BCUT2D eigenvalue weighted by atomic mass is 10.0. The molecule has 0 fully saturated rings. The predicted molar refractivity (Wildman–Crippen MR) is 81.1 cm³/mol. The number of rotatable bonds is 5. The number of thiophene rings is 1. The van der Waals surface area contributed by atoms with Gasteiger partial charge in [-0.25, -0.2) is 0 Å². The maximum absolute atomic E-state index is 6.18. The molecule has 2 aromatic rings. The minimum absolute atomic E-state index is 0.0497. The van der Waals surface area contributed by atoms with E-state index in [1.165, 1.54) is 0 Å². The van der Waals surface area contributed by atoms with Gasteiger partial charge >= 0.3 is 0 Å². The van der Waals surface area contributed by atoms with Crippen LogP contribution in [0.25, 0.3) is 0 Å². The fraction of sp³-hybridized carbons (Fsp3) is 0.231. The number of hydrazine groups is 1. The van der Waals surface area contributed by atoms with Crippen molar-refractivity contribution in [1.82, 2.24) is 5.43 Å². The molecule has 0 saturated carbocycles. The molecule has 3 N–H and O–H groups in total. The number of methoxy groups -OCH3 is 1. The molecule has 6 heteroatoms. The van der Waals surface area contributed by atoms with E-state index >= 15 is 0 Å². The third-order valence-electron chi connectivity index (χ3n) is 2.85. The second kappa shape index (κ2) is 6.59. The molecular formula is C13H14Cl2N2OS. The van der Waals surface area contributed by atoms with E-state index in [0.29, 0.717) is 16.5 Å². The van der Waals surface area contributed by atoms with Gasteiger partial charge in [0.15, 0.2) is 0 Å². The molecule has 1 aromatic carbocycles. The lowest BCUT2D eigenvalue weighted by molar-refractivity contribution is 0.415. The Morgan fingerprint density at radius 2 is 2.05 bits per heavy atom. The number of halogens is 2. The van der Waals surface area contributed by atoms with E-state index in [4.69, 9.17) is 33.8 Å². The zero-order valence-corrected chi connectivity index (χ0v) is 12.6. The first kappa shape index (κ1) is 14.6. The summed E-state index contributed by atoms with van der Waals surface area (Å²) in [5, 5.41) is 3.24. The summed E-state index contributed by atoms with van der Waals surface area (Å²) in [5.41, 5.74) is 3.69. The molecule has 19 heavy (non-hydrogen) atoms. The van der Waals surface area contributed by atoms with Gasteiger partial charge in [-0.1, -0.05) is 29.3 Å². The maximum atomic E-state index is 6.18. The van der Waals surface area contributed by atoms with E-state index in [-0.39, 0.29) is 6.04 Å².